The fourth-order valence-corrected chi connectivity index (χ4v) is 5.62. The molecule has 0 amide bonds. The van der Waals surface area contributed by atoms with Gasteiger partial charge in [-0.1, -0.05) is 30.1 Å². The number of hydrogen-bond acceptors (Lipinski definition) is 3. The van der Waals surface area contributed by atoms with Crippen LogP contribution in [0.25, 0.3) is 22.2 Å². The monoisotopic (exact) mass is 539 g/mol. The zero-order valence-corrected chi connectivity index (χ0v) is 20.8. The smallest absolute Gasteiger partial charge is 0.346 e. The minimum absolute atomic E-state index is 0.00368. The Morgan fingerprint density at radius 1 is 1.14 bits per heavy atom. The lowest BCUT2D eigenvalue weighted by molar-refractivity contribution is -0.148. The summed E-state index contributed by atoms with van der Waals surface area (Å²) in [7, 11) is 0. The molecule has 1 aliphatic rings. The van der Waals surface area contributed by atoms with E-state index in [1.807, 2.05) is 30.1 Å². The van der Waals surface area contributed by atoms with Gasteiger partial charge in [0.2, 0.25) is 0 Å². The number of fused-ring (bicyclic) bond motifs is 1. The second-order valence-electron chi connectivity index (χ2n) is 9.17. The van der Waals surface area contributed by atoms with Crippen molar-refractivity contribution in [3.05, 3.63) is 70.0 Å². The molecule has 0 radical (unpaired) electrons. The second-order valence-corrected chi connectivity index (χ2v) is 9.96. The molecule has 1 saturated heterocycles. The van der Waals surface area contributed by atoms with Crippen molar-refractivity contribution in [1.29, 1.82) is 0 Å². The molecule has 1 N–H and O–H groups in total. The third-order valence-corrected chi connectivity index (χ3v) is 7.52. The van der Waals surface area contributed by atoms with Gasteiger partial charge in [0.15, 0.2) is 0 Å². The van der Waals surface area contributed by atoms with Crippen LogP contribution in [0.15, 0.2) is 43.0 Å². The summed E-state index contributed by atoms with van der Waals surface area (Å²) in [5, 5.41) is 5.72. The Hall–Kier alpha value is -2.62. The number of nitrogens with one attached hydrogen (secondary N) is 1. The number of nitrogens with zero attached hydrogens (tertiary/aromatic N) is 4. The van der Waals surface area contributed by atoms with Gasteiger partial charge >= 0.3 is 6.18 Å². The van der Waals surface area contributed by atoms with Crippen molar-refractivity contribution in [1.82, 2.24) is 24.6 Å². The van der Waals surface area contributed by atoms with E-state index in [9.17, 15) is 17.6 Å². The molecule has 5 rings (SSSR count). The number of halogens is 6. The van der Waals surface area contributed by atoms with Gasteiger partial charge in [0.25, 0.3) is 0 Å². The van der Waals surface area contributed by atoms with Crippen molar-refractivity contribution in [2.75, 3.05) is 19.6 Å². The number of H-pyrrole nitrogens is 1. The lowest BCUT2D eigenvalue weighted by Crippen LogP contribution is -2.40. The first-order chi connectivity index (χ1) is 17.1. The van der Waals surface area contributed by atoms with Gasteiger partial charge in [-0.05, 0) is 42.2 Å². The van der Waals surface area contributed by atoms with Crippen LogP contribution in [0.4, 0.5) is 17.6 Å². The van der Waals surface area contributed by atoms with Crippen molar-refractivity contribution >= 4 is 34.2 Å². The van der Waals surface area contributed by atoms with Crippen LogP contribution in [0.3, 0.4) is 0 Å². The minimum Gasteiger partial charge on any atom is -0.346 e. The van der Waals surface area contributed by atoms with Crippen LogP contribution >= 0.6 is 23.2 Å². The molecular weight excluding hydrogens is 517 g/mol. The lowest BCUT2D eigenvalue weighted by atomic mass is 9.92. The van der Waals surface area contributed by atoms with E-state index in [1.54, 1.807) is 12.4 Å². The molecular formula is C25H23Cl2F4N5. The largest absolute Gasteiger partial charge is 0.401 e. The van der Waals surface area contributed by atoms with E-state index in [1.165, 1.54) is 17.0 Å². The first-order valence-electron chi connectivity index (χ1n) is 11.5. The average Bonchev–Trinajstić information content (AvgIpc) is 3.48. The highest BCUT2D eigenvalue weighted by molar-refractivity contribution is 6.36. The van der Waals surface area contributed by atoms with Crippen molar-refractivity contribution in [3.63, 3.8) is 0 Å². The Balaban J connectivity index is 1.39. The van der Waals surface area contributed by atoms with Crippen molar-refractivity contribution < 1.29 is 17.6 Å². The Morgan fingerprint density at radius 3 is 2.61 bits per heavy atom. The normalized spacial score (nSPS) is 16.6. The molecule has 190 valence electrons. The van der Waals surface area contributed by atoms with Crippen LogP contribution in [-0.2, 0) is 0 Å². The molecule has 4 aromatic rings. The Morgan fingerprint density at radius 2 is 1.89 bits per heavy atom. The highest BCUT2D eigenvalue weighted by Crippen LogP contribution is 2.39. The topological polar surface area (TPSA) is 49.7 Å². The van der Waals surface area contributed by atoms with Crippen LogP contribution in [0.5, 0.6) is 0 Å². The van der Waals surface area contributed by atoms with Gasteiger partial charge in [-0.25, -0.2) is 9.37 Å². The van der Waals surface area contributed by atoms with Gasteiger partial charge in [0.1, 0.15) is 11.5 Å². The third kappa shape index (κ3) is 4.96. The number of rotatable bonds is 5. The van der Waals surface area contributed by atoms with E-state index < -0.39 is 18.5 Å². The molecule has 3 aromatic heterocycles. The number of alkyl halides is 3. The van der Waals surface area contributed by atoms with E-state index in [4.69, 9.17) is 23.2 Å². The SMILES string of the molecule is CC(c1c(Cl)ccc(F)c1Cl)c1c[nH]c2ncc(-c3cnn(C4CCN(CC(F)(F)F)CC4)c3)cc12. The summed E-state index contributed by atoms with van der Waals surface area (Å²) in [5.41, 5.74) is 3.75. The molecule has 0 aliphatic carbocycles. The molecule has 1 aromatic carbocycles. The molecule has 0 saturated carbocycles. The number of aromatic amines is 1. The number of pyridine rings is 1. The second kappa shape index (κ2) is 9.68. The summed E-state index contributed by atoms with van der Waals surface area (Å²) in [6.45, 7) is 1.79. The minimum atomic E-state index is -4.18. The van der Waals surface area contributed by atoms with Crippen molar-refractivity contribution in [3.8, 4) is 11.1 Å². The van der Waals surface area contributed by atoms with E-state index in [0.717, 1.165) is 22.1 Å². The van der Waals surface area contributed by atoms with Gasteiger partial charge in [-0.2, -0.15) is 18.3 Å². The maximum absolute atomic E-state index is 14.1. The Labute approximate surface area is 215 Å². The summed E-state index contributed by atoms with van der Waals surface area (Å²) in [6, 6.07) is 4.77. The summed E-state index contributed by atoms with van der Waals surface area (Å²) in [6.07, 6.45) is 4.22. The lowest BCUT2D eigenvalue weighted by Gasteiger charge is -2.32. The first kappa shape index (κ1) is 25.0. The van der Waals surface area contributed by atoms with Crippen molar-refractivity contribution in [2.45, 2.75) is 37.9 Å². The molecule has 4 heterocycles. The third-order valence-electron chi connectivity index (χ3n) is 6.81. The number of likely N-dealkylation sites (tertiary alicyclic amines) is 1. The molecule has 1 aliphatic heterocycles. The molecule has 1 fully saturated rings. The molecule has 1 atom stereocenters. The summed E-state index contributed by atoms with van der Waals surface area (Å²) in [5.74, 6) is -0.825. The molecule has 0 spiro atoms. The number of benzene rings is 1. The van der Waals surface area contributed by atoms with E-state index >= 15 is 0 Å². The molecule has 1 unspecified atom stereocenters. The summed E-state index contributed by atoms with van der Waals surface area (Å²) >= 11 is 12.6. The number of hydrogen-bond donors (Lipinski definition) is 1. The summed E-state index contributed by atoms with van der Waals surface area (Å²) < 4.78 is 54.0. The van der Waals surface area contributed by atoms with Gasteiger partial charge in [0.05, 0.1) is 23.8 Å². The van der Waals surface area contributed by atoms with Gasteiger partial charge in [0, 0.05) is 59.1 Å². The molecule has 5 nitrogen and oxygen atoms in total. The van der Waals surface area contributed by atoms with E-state index in [2.05, 4.69) is 15.1 Å². The zero-order chi connectivity index (χ0) is 25.6. The van der Waals surface area contributed by atoms with Gasteiger partial charge in [-0.3, -0.25) is 9.58 Å². The fraction of sp³-hybridized carbons (Fsp3) is 0.360. The van der Waals surface area contributed by atoms with Crippen molar-refractivity contribution in [2.24, 2.45) is 0 Å². The van der Waals surface area contributed by atoms with Crippen LogP contribution in [0, 0.1) is 5.82 Å². The predicted octanol–water partition coefficient (Wildman–Crippen LogP) is 7.22. The maximum Gasteiger partial charge on any atom is 0.401 e. The quantitative estimate of drug-likeness (QED) is 0.215. The zero-order valence-electron chi connectivity index (χ0n) is 19.3. The van der Waals surface area contributed by atoms with Crippen LogP contribution in [0.1, 0.15) is 42.9 Å². The molecule has 36 heavy (non-hydrogen) atoms. The van der Waals surface area contributed by atoms with Crippen LogP contribution in [-0.4, -0.2) is 50.5 Å². The van der Waals surface area contributed by atoms with E-state index in [-0.39, 0.29) is 17.0 Å². The van der Waals surface area contributed by atoms with Gasteiger partial charge in [-0.15, -0.1) is 0 Å². The summed E-state index contributed by atoms with van der Waals surface area (Å²) in [4.78, 5) is 9.12. The molecule has 0 bridgehead atoms. The molecule has 11 heteroatoms. The van der Waals surface area contributed by atoms with Crippen LogP contribution in [0.2, 0.25) is 10.0 Å². The predicted molar refractivity (Wildman–Crippen MR) is 132 cm³/mol. The Bertz CT molecular complexity index is 1390. The fourth-order valence-electron chi connectivity index (χ4n) is 4.92. The van der Waals surface area contributed by atoms with Crippen LogP contribution < -0.4 is 0 Å². The first-order valence-corrected chi connectivity index (χ1v) is 12.3. The number of piperidine rings is 1. The van der Waals surface area contributed by atoms with E-state index in [0.29, 0.717) is 42.2 Å². The van der Waals surface area contributed by atoms with Gasteiger partial charge < -0.3 is 4.98 Å². The maximum atomic E-state index is 14.1. The highest BCUT2D eigenvalue weighted by Gasteiger charge is 2.33. The average molecular weight is 540 g/mol. The standard InChI is InChI=1S/C25H23Cl2F4N5/c1-14(22-20(26)2-3-21(28)23(22)27)19-11-33-24-18(19)8-15(9-32-24)16-10-34-36(12-16)17-4-6-35(7-5-17)13-25(29,30)31/h2-3,8-12,14,17H,4-7,13H2,1H3,(H,32,33). The number of aromatic nitrogens is 4. The Kier molecular flexibility index (Phi) is 6.74. The highest BCUT2D eigenvalue weighted by atomic mass is 35.5.